The molecule has 3 atom stereocenters. The Kier molecular flexibility index (Phi) is 8.38. The van der Waals surface area contributed by atoms with Crippen molar-refractivity contribution in [1.82, 2.24) is 15.1 Å². The molecule has 0 radical (unpaired) electrons. The lowest BCUT2D eigenvalue weighted by Gasteiger charge is -2.33. The standard InChI is InChI=1S/C23H34N4O.HI/c1-18-7-9-19(10-8-18)22-20(6-5-15-28-22)16-25-23(24-2)27-14-11-21(17-27)26-12-3-4-13-26;/h3-4,7-10,20-22H,5-6,11-17H2,1-2H3,(H,24,25);1H. The van der Waals surface area contributed by atoms with Crippen LogP contribution in [0.4, 0.5) is 0 Å². The molecule has 0 aromatic heterocycles. The number of hydrogen-bond donors (Lipinski definition) is 1. The van der Waals surface area contributed by atoms with Crippen LogP contribution in [-0.4, -0.2) is 68.2 Å². The third-order valence-electron chi connectivity index (χ3n) is 6.41. The number of ether oxygens (including phenoxy) is 1. The number of benzene rings is 1. The summed E-state index contributed by atoms with van der Waals surface area (Å²) in [6.07, 6.45) is 8.31. The van der Waals surface area contributed by atoms with E-state index in [1.165, 1.54) is 24.0 Å². The molecule has 3 aliphatic rings. The maximum atomic E-state index is 6.19. The SMILES string of the molecule is CN=C(NCC1CCCOC1c1ccc(C)cc1)N1CCC(N2CC=CC2)C1.I. The first-order valence-corrected chi connectivity index (χ1v) is 10.8. The van der Waals surface area contributed by atoms with E-state index < -0.39 is 0 Å². The summed E-state index contributed by atoms with van der Waals surface area (Å²) in [5.74, 6) is 1.53. The second-order valence-electron chi connectivity index (χ2n) is 8.35. The van der Waals surface area contributed by atoms with Crippen molar-refractivity contribution < 1.29 is 4.74 Å². The predicted molar refractivity (Wildman–Crippen MR) is 130 cm³/mol. The first-order valence-electron chi connectivity index (χ1n) is 10.8. The Morgan fingerprint density at radius 3 is 2.66 bits per heavy atom. The summed E-state index contributed by atoms with van der Waals surface area (Å²) in [5.41, 5.74) is 2.60. The smallest absolute Gasteiger partial charge is 0.193 e. The largest absolute Gasteiger partial charge is 0.373 e. The average Bonchev–Trinajstić information content (AvgIpc) is 3.42. The van der Waals surface area contributed by atoms with E-state index in [0.29, 0.717) is 12.0 Å². The Morgan fingerprint density at radius 2 is 1.93 bits per heavy atom. The van der Waals surface area contributed by atoms with Crippen molar-refractivity contribution in [3.05, 3.63) is 47.5 Å². The van der Waals surface area contributed by atoms with E-state index in [1.54, 1.807) is 0 Å². The number of rotatable bonds is 4. The average molecular weight is 510 g/mol. The van der Waals surface area contributed by atoms with E-state index in [2.05, 4.69) is 63.5 Å². The van der Waals surface area contributed by atoms with Crippen molar-refractivity contribution in [2.24, 2.45) is 10.9 Å². The fraction of sp³-hybridized carbons (Fsp3) is 0.609. The van der Waals surface area contributed by atoms with E-state index >= 15 is 0 Å². The Hall–Kier alpha value is -1.12. The topological polar surface area (TPSA) is 40.1 Å². The third kappa shape index (κ3) is 5.52. The highest BCUT2D eigenvalue weighted by Gasteiger charge is 2.31. The van der Waals surface area contributed by atoms with Crippen LogP contribution < -0.4 is 5.32 Å². The molecule has 0 spiro atoms. The fourth-order valence-corrected chi connectivity index (χ4v) is 4.76. The Morgan fingerprint density at radius 1 is 1.17 bits per heavy atom. The molecule has 4 rings (SSSR count). The number of nitrogens with zero attached hydrogens (tertiary/aromatic N) is 3. The highest BCUT2D eigenvalue weighted by atomic mass is 127. The zero-order valence-electron chi connectivity index (χ0n) is 17.7. The molecule has 0 aliphatic carbocycles. The molecule has 3 heterocycles. The first-order chi connectivity index (χ1) is 13.7. The van der Waals surface area contributed by atoms with Crippen molar-refractivity contribution >= 4 is 29.9 Å². The van der Waals surface area contributed by atoms with Gasteiger partial charge in [-0.25, -0.2) is 0 Å². The van der Waals surface area contributed by atoms with Gasteiger partial charge in [0.1, 0.15) is 0 Å². The van der Waals surface area contributed by atoms with Gasteiger partial charge in [0.15, 0.2) is 5.96 Å². The summed E-state index contributed by atoms with van der Waals surface area (Å²) in [4.78, 5) is 9.57. The van der Waals surface area contributed by atoms with Gasteiger partial charge in [-0.05, 0) is 31.7 Å². The second kappa shape index (κ2) is 10.8. The highest BCUT2D eigenvalue weighted by Crippen LogP contribution is 2.33. The number of likely N-dealkylation sites (tertiary alicyclic amines) is 1. The molecule has 2 saturated heterocycles. The summed E-state index contributed by atoms with van der Waals surface area (Å²) in [7, 11) is 1.90. The molecule has 1 N–H and O–H groups in total. The molecule has 5 nitrogen and oxygen atoms in total. The molecular formula is C23H35IN4O. The molecular weight excluding hydrogens is 475 g/mol. The summed E-state index contributed by atoms with van der Waals surface area (Å²) in [6.45, 7) is 8.27. The van der Waals surface area contributed by atoms with Crippen LogP contribution in [0.5, 0.6) is 0 Å². The molecule has 29 heavy (non-hydrogen) atoms. The van der Waals surface area contributed by atoms with Crippen LogP contribution in [0.25, 0.3) is 0 Å². The lowest BCUT2D eigenvalue weighted by Crippen LogP contribution is -2.45. The van der Waals surface area contributed by atoms with Gasteiger partial charge in [0.2, 0.25) is 0 Å². The van der Waals surface area contributed by atoms with Crippen molar-refractivity contribution in [1.29, 1.82) is 0 Å². The zero-order valence-corrected chi connectivity index (χ0v) is 20.0. The van der Waals surface area contributed by atoms with Gasteiger partial charge in [-0.1, -0.05) is 42.0 Å². The van der Waals surface area contributed by atoms with E-state index in [4.69, 9.17) is 4.74 Å². The molecule has 1 aromatic rings. The summed E-state index contributed by atoms with van der Waals surface area (Å²) < 4.78 is 6.19. The summed E-state index contributed by atoms with van der Waals surface area (Å²) in [5, 5.41) is 3.67. The zero-order chi connectivity index (χ0) is 19.3. The van der Waals surface area contributed by atoms with E-state index in [0.717, 1.165) is 51.7 Å². The molecule has 3 unspecified atom stereocenters. The van der Waals surface area contributed by atoms with Crippen LogP contribution in [0.1, 0.15) is 36.5 Å². The van der Waals surface area contributed by atoms with Gasteiger partial charge in [-0.15, -0.1) is 24.0 Å². The minimum atomic E-state index is 0. The molecule has 0 bridgehead atoms. The number of aryl methyl sites for hydroxylation is 1. The van der Waals surface area contributed by atoms with Crippen LogP contribution in [0.3, 0.4) is 0 Å². The quantitative estimate of drug-likeness (QED) is 0.291. The van der Waals surface area contributed by atoms with Gasteiger partial charge in [0.25, 0.3) is 0 Å². The number of aliphatic imine (C=N–C) groups is 1. The first kappa shape index (κ1) is 22.6. The molecule has 0 saturated carbocycles. The highest BCUT2D eigenvalue weighted by molar-refractivity contribution is 14.0. The van der Waals surface area contributed by atoms with Gasteiger partial charge < -0.3 is 15.0 Å². The van der Waals surface area contributed by atoms with Crippen LogP contribution in [-0.2, 0) is 4.74 Å². The van der Waals surface area contributed by atoms with Crippen molar-refractivity contribution in [2.75, 3.05) is 46.4 Å². The normalized spacial score (nSPS) is 27.9. The van der Waals surface area contributed by atoms with Gasteiger partial charge in [-0.3, -0.25) is 9.89 Å². The minimum Gasteiger partial charge on any atom is -0.373 e. The van der Waals surface area contributed by atoms with Gasteiger partial charge >= 0.3 is 0 Å². The Balaban J connectivity index is 0.00000240. The Labute approximate surface area is 192 Å². The predicted octanol–water partition coefficient (Wildman–Crippen LogP) is 3.60. The number of guanidine groups is 1. The molecule has 6 heteroatoms. The van der Waals surface area contributed by atoms with Crippen molar-refractivity contribution in [2.45, 2.75) is 38.3 Å². The Bertz CT molecular complexity index is 697. The molecule has 160 valence electrons. The third-order valence-corrected chi connectivity index (χ3v) is 6.41. The van der Waals surface area contributed by atoms with Crippen molar-refractivity contribution in [3.63, 3.8) is 0 Å². The van der Waals surface area contributed by atoms with Crippen LogP contribution >= 0.6 is 24.0 Å². The number of halogens is 1. The maximum Gasteiger partial charge on any atom is 0.193 e. The van der Waals surface area contributed by atoms with Crippen LogP contribution in [0, 0.1) is 12.8 Å². The number of hydrogen-bond acceptors (Lipinski definition) is 3. The van der Waals surface area contributed by atoms with Crippen molar-refractivity contribution in [3.8, 4) is 0 Å². The van der Waals surface area contributed by atoms with Gasteiger partial charge in [0.05, 0.1) is 6.10 Å². The fourth-order valence-electron chi connectivity index (χ4n) is 4.76. The van der Waals surface area contributed by atoms with E-state index in [9.17, 15) is 0 Å². The van der Waals surface area contributed by atoms with Gasteiger partial charge in [-0.2, -0.15) is 0 Å². The number of nitrogens with one attached hydrogen (secondary N) is 1. The monoisotopic (exact) mass is 510 g/mol. The lowest BCUT2D eigenvalue weighted by molar-refractivity contribution is -0.0266. The maximum absolute atomic E-state index is 6.19. The lowest BCUT2D eigenvalue weighted by atomic mass is 9.89. The van der Waals surface area contributed by atoms with Crippen LogP contribution in [0.15, 0.2) is 41.4 Å². The summed E-state index contributed by atoms with van der Waals surface area (Å²) >= 11 is 0. The molecule has 3 aliphatic heterocycles. The molecule has 1 aromatic carbocycles. The van der Waals surface area contributed by atoms with E-state index in [-0.39, 0.29) is 30.1 Å². The molecule has 0 amide bonds. The van der Waals surface area contributed by atoms with Crippen LogP contribution in [0.2, 0.25) is 0 Å². The minimum absolute atomic E-state index is 0. The second-order valence-corrected chi connectivity index (χ2v) is 8.35. The van der Waals surface area contributed by atoms with E-state index in [1.807, 2.05) is 7.05 Å². The summed E-state index contributed by atoms with van der Waals surface area (Å²) in [6, 6.07) is 9.47. The van der Waals surface area contributed by atoms with Gasteiger partial charge in [0, 0.05) is 58.3 Å². The molecule has 2 fully saturated rings.